The van der Waals surface area contributed by atoms with Gasteiger partial charge in [-0.3, -0.25) is 4.79 Å². The molecule has 104 valence electrons. The lowest BCUT2D eigenvalue weighted by atomic mass is 9.73. The molecule has 0 bridgehead atoms. The Morgan fingerprint density at radius 2 is 2.00 bits per heavy atom. The van der Waals surface area contributed by atoms with E-state index in [9.17, 15) is 4.79 Å². The highest BCUT2D eigenvalue weighted by molar-refractivity contribution is 5.78. The molecule has 2 aliphatic rings. The maximum atomic E-state index is 12.0. The van der Waals surface area contributed by atoms with Crippen molar-refractivity contribution in [2.24, 2.45) is 17.3 Å². The van der Waals surface area contributed by atoms with Gasteiger partial charge < -0.3 is 10.6 Å². The zero-order valence-electron chi connectivity index (χ0n) is 11.9. The van der Waals surface area contributed by atoms with E-state index in [-0.39, 0.29) is 11.8 Å². The summed E-state index contributed by atoms with van der Waals surface area (Å²) in [5.41, 5.74) is 0.522. The Morgan fingerprint density at radius 1 is 1.28 bits per heavy atom. The molecule has 1 heterocycles. The fraction of sp³-hybridized carbons (Fsp3) is 0.933. The predicted molar refractivity (Wildman–Crippen MR) is 74.3 cm³/mol. The average molecular weight is 252 g/mol. The Morgan fingerprint density at radius 3 is 2.61 bits per heavy atom. The first-order valence-electron chi connectivity index (χ1n) is 7.55. The summed E-state index contributed by atoms with van der Waals surface area (Å²) in [6.45, 7) is 7.54. The minimum absolute atomic E-state index is 0.207. The van der Waals surface area contributed by atoms with Crippen LogP contribution in [0.2, 0.25) is 0 Å². The van der Waals surface area contributed by atoms with Crippen LogP contribution in [0, 0.1) is 17.3 Å². The highest BCUT2D eigenvalue weighted by atomic mass is 16.1. The van der Waals surface area contributed by atoms with Crippen molar-refractivity contribution in [1.29, 1.82) is 0 Å². The fourth-order valence-corrected chi connectivity index (χ4v) is 3.13. The molecule has 1 atom stereocenters. The van der Waals surface area contributed by atoms with Crippen LogP contribution in [0.3, 0.4) is 0 Å². The molecule has 1 aliphatic carbocycles. The number of piperidine rings is 1. The van der Waals surface area contributed by atoms with E-state index in [0.717, 1.165) is 32.5 Å². The number of hydrogen-bond donors (Lipinski definition) is 2. The summed E-state index contributed by atoms with van der Waals surface area (Å²) < 4.78 is 0. The molecule has 1 amide bonds. The van der Waals surface area contributed by atoms with Crippen LogP contribution < -0.4 is 10.6 Å². The van der Waals surface area contributed by atoms with Gasteiger partial charge in [-0.05, 0) is 56.4 Å². The van der Waals surface area contributed by atoms with Crippen molar-refractivity contribution in [3.05, 3.63) is 0 Å². The number of nitrogens with one attached hydrogen (secondary N) is 2. The molecule has 2 fully saturated rings. The van der Waals surface area contributed by atoms with Crippen molar-refractivity contribution in [2.75, 3.05) is 19.6 Å². The minimum atomic E-state index is 0.207. The summed E-state index contributed by atoms with van der Waals surface area (Å²) in [7, 11) is 0. The van der Waals surface area contributed by atoms with Crippen molar-refractivity contribution in [2.45, 2.75) is 52.4 Å². The lowest BCUT2D eigenvalue weighted by Gasteiger charge is -2.34. The molecule has 1 saturated carbocycles. The van der Waals surface area contributed by atoms with E-state index in [2.05, 4.69) is 24.5 Å². The summed E-state index contributed by atoms with van der Waals surface area (Å²) in [6, 6.07) is 0. The van der Waals surface area contributed by atoms with Crippen LogP contribution in [-0.4, -0.2) is 25.5 Å². The molecular formula is C15H28N2O. The number of hydrogen-bond acceptors (Lipinski definition) is 2. The SMILES string of the molecule is CC1(C)CCC(CNC(=O)[C@@H]2CCCNC2)CC1. The molecule has 0 aromatic heterocycles. The van der Waals surface area contributed by atoms with Crippen LogP contribution in [0.4, 0.5) is 0 Å². The molecule has 3 heteroatoms. The second kappa shape index (κ2) is 6.05. The monoisotopic (exact) mass is 252 g/mol. The second-order valence-electron chi connectivity index (χ2n) is 6.90. The third kappa shape index (κ3) is 3.98. The standard InChI is InChI=1S/C15H28N2O/c1-15(2)7-5-12(6-8-15)10-17-14(18)13-4-3-9-16-11-13/h12-13,16H,3-11H2,1-2H3,(H,17,18)/t13-/m1/s1. The summed E-state index contributed by atoms with van der Waals surface area (Å²) in [4.78, 5) is 12.0. The first-order chi connectivity index (χ1) is 8.57. The van der Waals surface area contributed by atoms with Crippen LogP contribution in [0.15, 0.2) is 0 Å². The topological polar surface area (TPSA) is 41.1 Å². The van der Waals surface area contributed by atoms with Crippen molar-refractivity contribution in [3.63, 3.8) is 0 Å². The van der Waals surface area contributed by atoms with Crippen molar-refractivity contribution >= 4 is 5.91 Å². The van der Waals surface area contributed by atoms with Gasteiger partial charge in [0.15, 0.2) is 0 Å². The molecular weight excluding hydrogens is 224 g/mol. The van der Waals surface area contributed by atoms with Crippen LogP contribution in [0.25, 0.3) is 0 Å². The van der Waals surface area contributed by atoms with Gasteiger partial charge in [0.25, 0.3) is 0 Å². The van der Waals surface area contributed by atoms with Gasteiger partial charge in [0, 0.05) is 13.1 Å². The Kier molecular flexibility index (Phi) is 4.66. The van der Waals surface area contributed by atoms with Gasteiger partial charge in [0.05, 0.1) is 5.92 Å². The Hall–Kier alpha value is -0.570. The minimum Gasteiger partial charge on any atom is -0.356 e. The van der Waals surface area contributed by atoms with E-state index in [0.29, 0.717) is 11.3 Å². The van der Waals surface area contributed by atoms with E-state index in [4.69, 9.17) is 0 Å². The summed E-state index contributed by atoms with van der Waals surface area (Å²) >= 11 is 0. The average Bonchev–Trinajstić information content (AvgIpc) is 2.38. The van der Waals surface area contributed by atoms with Gasteiger partial charge in [-0.2, -0.15) is 0 Å². The van der Waals surface area contributed by atoms with Crippen LogP contribution in [0.5, 0.6) is 0 Å². The van der Waals surface area contributed by atoms with Gasteiger partial charge in [0.1, 0.15) is 0 Å². The second-order valence-corrected chi connectivity index (χ2v) is 6.90. The molecule has 3 nitrogen and oxygen atoms in total. The largest absolute Gasteiger partial charge is 0.356 e. The molecule has 2 N–H and O–H groups in total. The smallest absolute Gasteiger partial charge is 0.224 e. The fourth-order valence-electron chi connectivity index (χ4n) is 3.13. The van der Waals surface area contributed by atoms with E-state index >= 15 is 0 Å². The highest BCUT2D eigenvalue weighted by Crippen LogP contribution is 2.37. The Bertz CT molecular complexity index is 272. The third-order valence-electron chi connectivity index (χ3n) is 4.69. The van der Waals surface area contributed by atoms with Gasteiger partial charge in [0.2, 0.25) is 5.91 Å². The zero-order chi connectivity index (χ0) is 13.0. The van der Waals surface area contributed by atoms with Crippen LogP contribution in [-0.2, 0) is 4.79 Å². The van der Waals surface area contributed by atoms with Crippen molar-refractivity contribution in [1.82, 2.24) is 10.6 Å². The maximum absolute atomic E-state index is 12.0. The Balaban J connectivity index is 1.67. The molecule has 2 rings (SSSR count). The predicted octanol–water partition coefficient (Wildman–Crippen LogP) is 2.32. The molecule has 0 spiro atoms. The number of carbonyl (C=O) groups is 1. The molecule has 18 heavy (non-hydrogen) atoms. The first-order valence-corrected chi connectivity index (χ1v) is 7.55. The summed E-state index contributed by atoms with van der Waals surface area (Å²) in [5.74, 6) is 1.18. The number of carbonyl (C=O) groups excluding carboxylic acids is 1. The Labute approximate surface area is 111 Å². The van der Waals surface area contributed by atoms with Gasteiger partial charge in [-0.1, -0.05) is 13.8 Å². The molecule has 0 radical (unpaired) electrons. The lowest BCUT2D eigenvalue weighted by molar-refractivity contribution is -0.125. The normalized spacial score (nSPS) is 28.9. The van der Waals surface area contributed by atoms with Crippen molar-refractivity contribution in [3.8, 4) is 0 Å². The number of amides is 1. The van der Waals surface area contributed by atoms with Gasteiger partial charge in [-0.25, -0.2) is 0 Å². The molecule has 0 aromatic rings. The summed E-state index contributed by atoms with van der Waals surface area (Å²) in [6.07, 6.45) is 7.34. The molecule has 1 aliphatic heterocycles. The van der Waals surface area contributed by atoms with Crippen molar-refractivity contribution < 1.29 is 4.79 Å². The lowest BCUT2D eigenvalue weighted by Crippen LogP contribution is -2.42. The molecule has 0 unspecified atom stereocenters. The summed E-state index contributed by atoms with van der Waals surface area (Å²) in [5, 5.41) is 6.47. The zero-order valence-corrected chi connectivity index (χ0v) is 11.9. The third-order valence-corrected chi connectivity index (χ3v) is 4.69. The van der Waals surface area contributed by atoms with Crippen LogP contribution in [0.1, 0.15) is 52.4 Å². The number of rotatable bonds is 3. The van der Waals surface area contributed by atoms with E-state index < -0.39 is 0 Å². The van der Waals surface area contributed by atoms with E-state index in [1.54, 1.807) is 0 Å². The van der Waals surface area contributed by atoms with Gasteiger partial charge in [-0.15, -0.1) is 0 Å². The molecule has 1 saturated heterocycles. The maximum Gasteiger partial charge on any atom is 0.224 e. The van der Waals surface area contributed by atoms with E-state index in [1.165, 1.54) is 25.7 Å². The van der Waals surface area contributed by atoms with Crippen LogP contribution >= 0.6 is 0 Å². The van der Waals surface area contributed by atoms with E-state index in [1.807, 2.05) is 0 Å². The first kappa shape index (κ1) is 13.9. The van der Waals surface area contributed by atoms with Gasteiger partial charge >= 0.3 is 0 Å². The molecule has 0 aromatic carbocycles. The highest BCUT2D eigenvalue weighted by Gasteiger charge is 2.27. The quantitative estimate of drug-likeness (QED) is 0.809.